The number of nitrogens with one attached hydrogen (secondary N) is 1. The standard InChI is InChI=1S/C21H19NO7/c1-3-27-21(25)22-15-5-6-16-14(9-20(24)29-18(16)10-15)12-28-17-7-4-13(11-23)8-19(17)26-2/h4-11H,3,12H2,1-2H3,(H,22,25). The smallest absolute Gasteiger partial charge is 0.411 e. The number of anilines is 1. The third-order valence-electron chi connectivity index (χ3n) is 4.06. The molecule has 0 saturated heterocycles. The predicted octanol–water partition coefficient (Wildman–Crippen LogP) is 3.76. The molecule has 150 valence electrons. The van der Waals surface area contributed by atoms with Crippen LogP contribution in [-0.4, -0.2) is 26.1 Å². The van der Waals surface area contributed by atoms with Gasteiger partial charge in [0.1, 0.15) is 18.5 Å². The molecule has 3 rings (SSSR count). The molecule has 8 heteroatoms. The lowest BCUT2D eigenvalue weighted by Crippen LogP contribution is -2.13. The summed E-state index contributed by atoms with van der Waals surface area (Å²) in [6.45, 7) is 2.02. The van der Waals surface area contributed by atoms with Crippen molar-refractivity contribution in [3.63, 3.8) is 0 Å². The third kappa shape index (κ3) is 4.73. The minimum absolute atomic E-state index is 0.0730. The van der Waals surface area contributed by atoms with Gasteiger partial charge in [-0.25, -0.2) is 9.59 Å². The number of amides is 1. The number of aldehydes is 1. The van der Waals surface area contributed by atoms with Crippen molar-refractivity contribution in [3.05, 3.63) is 64.0 Å². The summed E-state index contributed by atoms with van der Waals surface area (Å²) in [5.41, 5.74) is 1.24. The van der Waals surface area contributed by atoms with Crippen LogP contribution in [0.2, 0.25) is 0 Å². The van der Waals surface area contributed by atoms with E-state index in [1.54, 1.807) is 37.3 Å². The first-order valence-electron chi connectivity index (χ1n) is 8.80. The molecule has 0 unspecified atom stereocenters. The summed E-state index contributed by atoms with van der Waals surface area (Å²) in [6, 6.07) is 11.1. The fraction of sp³-hybridized carbons (Fsp3) is 0.190. The van der Waals surface area contributed by atoms with Gasteiger partial charge in [0.25, 0.3) is 0 Å². The Balaban J connectivity index is 1.87. The number of carbonyl (C=O) groups is 2. The van der Waals surface area contributed by atoms with Crippen LogP contribution in [0.1, 0.15) is 22.8 Å². The maximum atomic E-state index is 12.0. The molecule has 3 aromatic rings. The van der Waals surface area contributed by atoms with Gasteiger partial charge in [-0.15, -0.1) is 0 Å². The molecule has 0 aliphatic rings. The Labute approximate surface area is 166 Å². The summed E-state index contributed by atoms with van der Waals surface area (Å²) in [4.78, 5) is 34.4. The first kappa shape index (κ1) is 19.9. The van der Waals surface area contributed by atoms with Crippen molar-refractivity contribution in [1.29, 1.82) is 0 Å². The predicted molar refractivity (Wildman–Crippen MR) is 106 cm³/mol. The molecule has 8 nitrogen and oxygen atoms in total. The highest BCUT2D eigenvalue weighted by molar-refractivity contribution is 5.90. The number of ether oxygens (including phenoxy) is 3. The van der Waals surface area contributed by atoms with Gasteiger partial charge in [-0.05, 0) is 37.3 Å². The monoisotopic (exact) mass is 397 g/mol. The van der Waals surface area contributed by atoms with Crippen molar-refractivity contribution in [2.24, 2.45) is 0 Å². The molecule has 1 N–H and O–H groups in total. The highest BCUT2D eigenvalue weighted by atomic mass is 16.5. The fourth-order valence-corrected chi connectivity index (χ4v) is 2.74. The van der Waals surface area contributed by atoms with Crippen LogP contribution in [0.4, 0.5) is 10.5 Å². The molecular weight excluding hydrogens is 378 g/mol. The average Bonchev–Trinajstić information content (AvgIpc) is 2.71. The molecule has 1 heterocycles. The Morgan fingerprint density at radius 3 is 2.69 bits per heavy atom. The number of hydrogen-bond donors (Lipinski definition) is 1. The van der Waals surface area contributed by atoms with Gasteiger partial charge in [-0.2, -0.15) is 0 Å². The zero-order chi connectivity index (χ0) is 20.8. The van der Waals surface area contributed by atoms with E-state index in [1.807, 2.05) is 0 Å². The van der Waals surface area contributed by atoms with E-state index < -0.39 is 11.7 Å². The molecule has 1 amide bonds. The van der Waals surface area contributed by atoms with Gasteiger partial charge in [0.2, 0.25) is 0 Å². The van der Waals surface area contributed by atoms with Gasteiger partial charge in [-0.1, -0.05) is 0 Å². The molecular formula is C21H19NO7. The largest absolute Gasteiger partial charge is 0.493 e. The lowest BCUT2D eigenvalue weighted by Gasteiger charge is -2.12. The molecule has 0 spiro atoms. The lowest BCUT2D eigenvalue weighted by molar-refractivity contribution is 0.112. The molecule has 0 radical (unpaired) electrons. The summed E-state index contributed by atoms with van der Waals surface area (Å²) in [6.07, 6.45) is 0.115. The van der Waals surface area contributed by atoms with Crippen LogP contribution in [0.25, 0.3) is 11.0 Å². The minimum Gasteiger partial charge on any atom is -0.493 e. The third-order valence-corrected chi connectivity index (χ3v) is 4.06. The topological polar surface area (TPSA) is 104 Å². The molecule has 0 atom stereocenters. The van der Waals surface area contributed by atoms with E-state index in [1.165, 1.54) is 19.2 Å². The van der Waals surface area contributed by atoms with E-state index in [-0.39, 0.29) is 13.2 Å². The van der Waals surface area contributed by atoms with E-state index in [9.17, 15) is 14.4 Å². The Hall–Kier alpha value is -3.81. The van der Waals surface area contributed by atoms with Gasteiger partial charge in [-0.3, -0.25) is 10.1 Å². The van der Waals surface area contributed by atoms with Gasteiger partial charge in [0, 0.05) is 34.3 Å². The van der Waals surface area contributed by atoms with Crippen LogP contribution in [0.3, 0.4) is 0 Å². The quantitative estimate of drug-likeness (QED) is 0.478. The van der Waals surface area contributed by atoms with Crippen molar-refractivity contribution < 1.29 is 28.2 Å². The average molecular weight is 397 g/mol. The van der Waals surface area contributed by atoms with Gasteiger partial charge in [0.05, 0.1) is 13.7 Å². The SMILES string of the molecule is CCOC(=O)Nc1ccc2c(COc3ccc(C=O)cc3OC)cc(=O)oc2c1. The van der Waals surface area contributed by atoms with Crippen LogP contribution in [0.15, 0.2) is 51.7 Å². The van der Waals surface area contributed by atoms with Crippen molar-refractivity contribution in [3.8, 4) is 11.5 Å². The summed E-state index contributed by atoms with van der Waals surface area (Å²) in [5.74, 6) is 0.836. The van der Waals surface area contributed by atoms with E-state index in [0.717, 1.165) is 0 Å². The molecule has 1 aromatic heterocycles. The van der Waals surface area contributed by atoms with E-state index in [2.05, 4.69) is 5.32 Å². The van der Waals surface area contributed by atoms with E-state index >= 15 is 0 Å². The number of methoxy groups -OCH3 is 1. The first-order valence-corrected chi connectivity index (χ1v) is 8.80. The number of benzene rings is 2. The molecule has 2 aromatic carbocycles. The molecule has 0 aliphatic carbocycles. The van der Waals surface area contributed by atoms with Crippen molar-refractivity contribution >= 4 is 29.0 Å². The second-order valence-corrected chi connectivity index (χ2v) is 5.96. The van der Waals surface area contributed by atoms with Gasteiger partial charge < -0.3 is 18.6 Å². The molecule has 0 aliphatic heterocycles. The van der Waals surface area contributed by atoms with Crippen molar-refractivity contribution in [1.82, 2.24) is 0 Å². The molecule has 0 bridgehead atoms. The highest BCUT2D eigenvalue weighted by Crippen LogP contribution is 2.29. The second kappa shape index (κ2) is 8.92. The Morgan fingerprint density at radius 2 is 1.97 bits per heavy atom. The summed E-state index contributed by atoms with van der Waals surface area (Å²) >= 11 is 0. The molecule has 0 fully saturated rings. The Morgan fingerprint density at radius 1 is 1.14 bits per heavy atom. The van der Waals surface area contributed by atoms with Crippen molar-refractivity contribution in [2.75, 3.05) is 19.0 Å². The number of carbonyl (C=O) groups excluding carboxylic acids is 2. The zero-order valence-corrected chi connectivity index (χ0v) is 15.9. The van der Waals surface area contributed by atoms with E-state index in [0.29, 0.717) is 45.6 Å². The highest BCUT2D eigenvalue weighted by Gasteiger charge is 2.11. The fourth-order valence-electron chi connectivity index (χ4n) is 2.74. The first-order chi connectivity index (χ1) is 14.0. The maximum Gasteiger partial charge on any atom is 0.411 e. The van der Waals surface area contributed by atoms with E-state index in [4.69, 9.17) is 18.6 Å². The molecule has 29 heavy (non-hydrogen) atoms. The second-order valence-electron chi connectivity index (χ2n) is 5.96. The minimum atomic E-state index is -0.598. The Bertz CT molecular complexity index is 1100. The molecule has 0 saturated carbocycles. The van der Waals surface area contributed by atoms with Crippen LogP contribution in [-0.2, 0) is 11.3 Å². The van der Waals surface area contributed by atoms with Crippen LogP contribution in [0.5, 0.6) is 11.5 Å². The van der Waals surface area contributed by atoms with Crippen LogP contribution >= 0.6 is 0 Å². The number of hydrogen-bond acceptors (Lipinski definition) is 7. The van der Waals surface area contributed by atoms with Crippen molar-refractivity contribution in [2.45, 2.75) is 13.5 Å². The number of rotatable bonds is 7. The van der Waals surface area contributed by atoms with Gasteiger partial charge >= 0.3 is 11.7 Å². The summed E-state index contributed by atoms with van der Waals surface area (Å²) < 4.78 is 21.1. The maximum absolute atomic E-state index is 12.0. The van der Waals surface area contributed by atoms with Gasteiger partial charge in [0.15, 0.2) is 11.5 Å². The summed E-state index contributed by atoms with van der Waals surface area (Å²) in [5, 5.41) is 3.21. The lowest BCUT2D eigenvalue weighted by atomic mass is 10.1. The van der Waals surface area contributed by atoms with Crippen LogP contribution < -0.4 is 20.4 Å². The Kier molecular flexibility index (Phi) is 6.13. The summed E-state index contributed by atoms with van der Waals surface area (Å²) in [7, 11) is 1.47. The van der Waals surface area contributed by atoms with Crippen LogP contribution in [0, 0.1) is 0 Å². The normalized spacial score (nSPS) is 10.4. The zero-order valence-electron chi connectivity index (χ0n) is 15.9. The number of fused-ring (bicyclic) bond motifs is 1.